The molecular weight excluding hydrogens is 262 g/mol. The van der Waals surface area contributed by atoms with Gasteiger partial charge in [0.25, 0.3) is 0 Å². The molecule has 1 rings (SSSR count). The second-order valence-electron chi connectivity index (χ2n) is 4.55. The average Bonchev–Trinajstić information content (AvgIpc) is 2.44. The Balaban J connectivity index is 2.47. The van der Waals surface area contributed by atoms with Crippen molar-refractivity contribution in [1.29, 1.82) is 0 Å². The lowest BCUT2D eigenvalue weighted by Gasteiger charge is -2.32. The first kappa shape index (κ1) is 16.2. The first-order valence-corrected chi connectivity index (χ1v) is 6.59. The van der Waals surface area contributed by atoms with Crippen LogP contribution in [0.3, 0.4) is 0 Å². The van der Waals surface area contributed by atoms with Crippen LogP contribution in [-0.4, -0.2) is 55.6 Å². The molecule has 0 aromatic carbocycles. The Kier molecular flexibility index (Phi) is 6.72. The number of carbonyl (C=O) groups is 3. The molecule has 0 aromatic heterocycles. The highest BCUT2D eigenvalue weighted by Crippen LogP contribution is 2.17. The predicted octanol–water partition coefficient (Wildman–Crippen LogP) is 0.0257. The molecule has 7 nitrogen and oxygen atoms in total. The summed E-state index contributed by atoms with van der Waals surface area (Å²) in [4.78, 5) is 36.5. The Hall–Kier alpha value is -1.89. The van der Waals surface area contributed by atoms with Gasteiger partial charge in [-0.05, 0) is 19.4 Å². The zero-order valence-electron chi connectivity index (χ0n) is 11.7. The highest BCUT2D eigenvalue weighted by Gasteiger charge is 2.30. The molecular formula is C13H21N3O4. The van der Waals surface area contributed by atoms with Crippen LogP contribution >= 0.6 is 0 Å². The summed E-state index contributed by atoms with van der Waals surface area (Å²) in [5.74, 6) is -0.782. The standard InChI is InChI=1S/C13H21N3O4/c1-3-7-14-13(19)15-11(17)9-16-8-5-4-6-10(16)12(18)20-2/h3,10H,1,4-9H2,2H3,(H2,14,15,17,19). The SMILES string of the molecule is C=CCNC(=O)NC(=O)CN1CCCCC1C(=O)OC. The van der Waals surface area contributed by atoms with E-state index in [0.717, 1.165) is 12.8 Å². The number of imide groups is 1. The van der Waals surface area contributed by atoms with Crippen molar-refractivity contribution in [3.8, 4) is 0 Å². The number of amides is 3. The van der Waals surface area contributed by atoms with E-state index in [0.29, 0.717) is 13.0 Å². The molecule has 0 radical (unpaired) electrons. The Morgan fingerprint density at radius 3 is 2.80 bits per heavy atom. The average molecular weight is 283 g/mol. The van der Waals surface area contributed by atoms with Gasteiger partial charge in [0.2, 0.25) is 5.91 Å². The second-order valence-corrected chi connectivity index (χ2v) is 4.55. The summed E-state index contributed by atoms with van der Waals surface area (Å²) in [6.45, 7) is 4.38. The molecule has 0 bridgehead atoms. The molecule has 112 valence electrons. The van der Waals surface area contributed by atoms with Crippen molar-refractivity contribution in [3.63, 3.8) is 0 Å². The summed E-state index contributed by atoms with van der Waals surface area (Å²) in [6, 6.07) is -0.975. The smallest absolute Gasteiger partial charge is 0.323 e. The van der Waals surface area contributed by atoms with E-state index in [1.165, 1.54) is 13.2 Å². The van der Waals surface area contributed by atoms with E-state index in [4.69, 9.17) is 4.74 Å². The molecule has 1 aliphatic rings. The van der Waals surface area contributed by atoms with Crippen LogP contribution in [0.2, 0.25) is 0 Å². The van der Waals surface area contributed by atoms with Crippen LogP contribution in [0.5, 0.6) is 0 Å². The molecule has 7 heteroatoms. The number of piperidine rings is 1. The van der Waals surface area contributed by atoms with Gasteiger partial charge in [0.05, 0.1) is 13.7 Å². The second kappa shape index (κ2) is 8.31. The molecule has 1 saturated heterocycles. The van der Waals surface area contributed by atoms with Crippen LogP contribution in [-0.2, 0) is 14.3 Å². The van der Waals surface area contributed by atoms with Crippen LogP contribution in [0.1, 0.15) is 19.3 Å². The zero-order chi connectivity index (χ0) is 15.0. The first-order chi connectivity index (χ1) is 9.58. The van der Waals surface area contributed by atoms with Crippen LogP contribution in [0.15, 0.2) is 12.7 Å². The van der Waals surface area contributed by atoms with Crippen LogP contribution < -0.4 is 10.6 Å². The Morgan fingerprint density at radius 1 is 1.40 bits per heavy atom. The van der Waals surface area contributed by atoms with E-state index in [-0.39, 0.29) is 19.1 Å². The summed E-state index contributed by atoms with van der Waals surface area (Å²) in [5, 5.41) is 4.66. The van der Waals surface area contributed by atoms with E-state index in [2.05, 4.69) is 17.2 Å². The van der Waals surface area contributed by atoms with Crippen molar-refractivity contribution in [2.24, 2.45) is 0 Å². The minimum Gasteiger partial charge on any atom is -0.468 e. The third kappa shape index (κ3) is 5.00. The van der Waals surface area contributed by atoms with Gasteiger partial charge in [-0.2, -0.15) is 0 Å². The van der Waals surface area contributed by atoms with Crippen molar-refractivity contribution < 1.29 is 19.1 Å². The fourth-order valence-electron chi connectivity index (χ4n) is 2.14. The van der Waals surface area contributed by atoms with Gasteiger partial charge >= 0.3 is 12.0 Å². The van der Waals surface area contributed by atoms with E-state index in [9.17, 15) is 14.4 Å². The van der Waals surface area contributed by atoms with E-state index >= 15 is 0 Å². The molecule has 0 aromatic rings. The summed E-state index contributed by atoms with van der Waals surface area (Å²) < 4.78 is 4.73. The zero-order valence-corrected chi connectivity index (χ0v) is 11.7. The molecule has 1 atom stereocenters. The van der Waals surface area contributed by atoms with Gasteiger partial charge in [-0.25, -0.2) is 4.79 Å². The molecule has 1 heterocycles. The third-order valence-corrected chi connectivity index (χ3v) is 3.09. The normalized spacial score (nSPS) is 18.9. The number of nitrogens with zero attached hydrogens (tertiary/aromatic N) is 1. The lowest BCUT2D eigenvalue weighted by molar-refractivity contribution is -0.148. The van der Waals surface area contributed by atoms with Crippen molar-refractivity contribution >= 4 is 17.9 Å². The van der Waals surface area contributed by atoms with Crippen molar-refractivity contribution in [1.82, 2.24) is 15.5 Å². The lowest BCUT2D eigenvalue weighted by Crippen LogP contribution is -2.51. The number of carbonyl (C=O) groups excluding carboxylic acids is 3. The number of ether oxygens (including phenoxy) is 1. The fraction of sp³-hybridized carbons (Fsp3) is 0.615. The van der Waals surface area contributed by atoms with Crippen LogP contribution in [0, 0.1) is 0 Å². The van der Waals surface area contributed by atoms with Gasteiger partial charge in [0, 0.05) is 6.54 Å². The maximum atomic E-state index is 11.7. The summed E-state index contributed by atoms with van der Waals surface area (Å²) in [6.07, 6.45) is 4.03. The van der Waals surface area contributed by atoms with Gasteiger partial charge in [0.15, 0.2) is 0 Å². The van der Waals surface area contributed by atoms with Crippen molar-refractivity contribution in [3.05, 3.63) is 12.7 Å². The van der Waals surface area contributed by atoms with E-state index < -0.39 is 18.0 Å². The van der Waals surface area contributed by atoms with E-state index in [1.807, 2.05) is 0 Å². The maximum absolute atomic E-state index is 11.7. The highest BCUT2D eigenvalue weighted by molar-refractivity contribution is 5.95. The number of likely N-dealkylation sites (tertiary alicyclic amines) is 1. The lowest BCUT2D eigenvalue weighted by atomic mass is 10.0. The third-order valence-electron chi connectivity index (χ3n) is 3.09. The number of hydrogen-bond acceptors (Lipinski definition) is 5. The van der Waals surface area contributed by atoms with Crippen LogP contribution in [0.25, 0.3) is 0 Å². The van der Waals surface area contributed by atoms with Crippen molar-refractivity contribution in [2.75, 3.05) is 26.7 Å². The molecule has 1 aliphatic heterocycles. The number of hydrogen-bond donors (Lipinski definition) is 2. The number of rotatable bonds is 5. The first-order valence-electron chi connectivity index (χ1n) is 6.59. The molecule has 1 unspecified atom stereocenters. The fourth-order valence-corrected chi connectivity index (χ4v) is 2.14. The summed E-state index contributed by atoms with van der Waals surface area (Å²) >= 11 is 0. The molecule has 0 saturated carbocycles. The van der Waals surface area contributed by atoms with Gasteiger partial charge in [-0.1, -0.05) is 12.5 Å². The van der Waals surface area contributed by atoms with Crippen LogP contribution in [0.4, 0.5) is 4.79 Å². The molecule has 0 spiro atoms. The minimum absolute atomic E-state index is 0.00127. The van der Waals surface area contributed by atoms with Gasteiger partial charge in [0.1, 0.15) is 6.04 Å². The van der Waals surface area contributed by atoms with Gasteiger partial charge in [-0.15, -0.1) is 6.58 Å². The number of methoxy groups -OCH3 is 1. The number of urea groups is 1. The quantitative estimate of drug-likeness (QED) is 0.549. The largest absolute Gasteiger partial charge is 0.468 e. The topological polar surface area (TPSA) is 87.7 Å². The predicted molar refractivity (Wildman–Crippen MR) is 73.0 cm³/mol. The number of nitrogens with one attached hydrogen (secondary N) is 2. The van der Waals surface area contributed by atoms with Gasteiger partial charge in [-0.3, -0.25) is 19.8 Å². The molecule has 3 amide bonds. The summed E-state index contributed by atoms with van der Waals surface area (Å²) in [5.41, 5.74) is 0. The molecule has 2 N–H and O–H groups in total. The minimum atomic E-state index is -0.568. The molecule has 1 fully saturated rings. The maximum Gasteiger partial charge on any atom is 0.323 e. The highest BCUT2D eigenvalue weighted by atomic mass is 16.5. The Labute approximate surface area is 118 Å². The Morgan fingerprint density at radius 2 is 2.15 bits per heavy atom. The van der Waals surface area contributed by atoms with Crippen molar-refractivity contribution in [2.45, 2.75) is 25.3 Å². The van der Waals surface area contributed by atoms with E-state index in [1.54, 1.807) is 4.90 Å². The molecule has 0 aliphatic carbocycles. The monoisotopic (exact) mass is 283 g/mol. The van der Waals surface area contributed by atoms with Gasteiger partial charge < -0.3 is 10.1 Å². The molecule has 20 heavy (non-hydrogen) atoms. The number of esters is 1. The summed E-state index contributed by atoms with van der Waals surface area (Å²) in [7, 11) is 1.33. The Bertz CT molecular complexity index is 384.